The van der Waals surface area contributed by atoms with Crippen LogP contribution >= 0.6 is 0 Å². The van der Waals surface area contributed by atoms with Gasteiger partial charge in [0, 0.05) is 18.3 Å². The molecule has 1 heterocycles. The van der Waals surface area contributed by atoms with Gasteiger partial charge in [-0.2, -0.15) is 4.31 Å². The lowest BCUT2D eigenvalue weighted by Gasteiger charge is -2.16. The molecule has 8 nitrogen and oxygen atoms in total. The quantitative estimate of drug-likeness (QED) is 0.535. The summed E-state index contributed by atoms with van der Waals surface area (Å²) in [7, 11) is -2.28. The SMILES string of the molecule is CCOC(=O)c1ccc(NC(=O)c2ccc(S(=O)(=O)N(C)Cc3ccco3)cc2)cc1. The van der Waals surface area contributed by atoms with Crippen molar-refractivity contribution in [3.8, 4) is 0 Å². The highest BCUT2D eigenvalue weighted by atomic mass is 32.2. The van der Waals surface area contributed by atoms with Crippen LogP contribution in [0.2, 0.25) is 0 Å². The molecule has 1 aromatic heterocycles. The first-order chi connectivity index (χ1) is 14.8. The minimum atomic E-state index is -3.74. The van der Waals surface area contributed by atoms with Gasteiger partial charge in [-0.1, -0.05) is 0 Å². The Morgan fingerprint density at radius 3 is 2.23 bits per heavy atom. The smallest absolute Gasteiger partial charge is 0.338 e. The van der Waals surface area contributed by atoms with Crippen molar-refractivity contribution in [3.63, 3.8) is 0 Å². The number of sulfonamides is 1. The zero-order valence-electron chi connectivity index (χ0n) is 17.1. The molecular weight excluding hydrogens is 420 g/mol. The first-order valence-electron chi connectivity index (χ1n) is 9.48. The van der Waals surface area contributed by atoms with Gasteiger partial charge in [0.2, 0.25) is 10.0 Å². The third-order valence-corrected chi connectivity index (χ3v) is 6.25. The molecule has 0 aliphatic carbocycles. The van der Waals surface area contributed by atoms with Crippen molar-refractivity contribution < 1.29 is 27.2 Å². The van der Waals surface area contributed by atoms with Crippen LogP contribution in [0.15, 0.2) is 76.2 Å². The maximum Gasteiger partial charge on any atom is 0.338 e. The van der Waals surface area contributed by atoms with Crippen LogP contribution in [0, 0.1) is 0 Å². The summed E-state index contributed by atoms with van der Waals surface area (Å²) in [5.41, 5.74) is 1.17. The second-order valence-electron chi connectivity index (χ2n) is 6.62. The summed E-state index contributed by atoms with van der Waals surface area (Å²) in [4.78, 5) is 24.2. The van der Waals surface area contributed by atoms with Gasteiger partial charge in [-0.15, -0.1) is 0 Å². The largest absolute Gasteiger partial charge is 0.468 e. The lowest BCUT2D eigenvalue weighted by atomic mass is 10.2. The molecule has 0 atom stereocenters. The standard InChI is InChI=1S/C22H22N2O6S/c1-3-29-22(26)17-6-10-18(11-7-17)23-21(25)16-8-12-20(13-9-16)31(27,28)24(2)15-19-5-4-14-30-19/h4-14H,3,15H2,1-2H3,(H,23,25). The van der Waals surface area contributed by atoms with Crippen LogP contribution in [0.3, 0.4) is 0 Å². The minimum absolute atomic E-state index is 0.0666. The van der Waals surface area contributed by atoms with E-state index in [1.807, 2.05) is 0 Å². The van der Waals surface area contributed by atoms with Crippen LogP contribution in [0.25, 0.3) is 0 Å². The van der Waals surface area contributed by atoms with Crippen molar-refractivity contribution in [2.75, 3.05) is 19.0 Å². The molecule has 0 spiro atoms. The molecule has 1 N–H and O–H groups in total. The van der Waals surface area contributed by atoms with Crippen molar-refractivity contribution in [2.45, 2.75) is 18.4 Å². The highest BCUT2D eigenvalue weighted by molar-refractivity contribution is 7.89. The predicted octanol–water partition coefficient (Wildman–Crippen LogP) is 3.53. The van der Waals surface area contributed by atoms with E-state index < -0.39 is 21.9 Å². The summed E-state index contributed by atoms with van der Waals surface area (Å²) < 4.78 is 36.7. The number of esters is 1. The Kier molecular flexibility index (Phi) is 6.88. The monoisotopic (exact) mass is 442 g/mol. The number of benzene rings is 2. The summed E-state index contributed by atoms with van der Waals surface area (Å²) in [6.07, 6.45) is 1.48. The summed E-state index contributed by atoms with van der Waals surface area (Å²) in [5, 5.41) is 2.70. The number of ether oxygens (including phenoxy) is 1. The van der Waals surface area contributed by atoms with Gasteiger partial charge in [-0.05, 0) is 67.6 Å². The number of nitrogens with zero attached hydrogens (tertiary/aromatic N) is 1. The molecule has 0 fully saturated rings. The van der Waals surface area contributed by atoms with E-state index in [0.717, 1.165) is 0 Å². The number of nitrogens with one attached hydrogen (secondary N) is 1. The second-order valence-corrected chi connectivity index (χ2v) is 8.66. The Morgan fingerprint density at radius 1 is 1.00 bits per heavy atom. The molecule has 2 aromatic carbocycles. The van der Waals surface area contributed by atoms with E-state index in [1.54, 1.807) is 43.3 Å². The zero-order valence-corrected chi connectivity index (χ0v) is 17.9. The molecule has 0 aliphatic heterocycles. The van der Waals surface area contributed by atoms with Gasteiger partial charge in [0.15, 0.2) is 0 Å². The molecule has 1 amide bonds. The van der Waals surface area contributed by atoms with Crippen LogP contribution in [-0.4, -0.2) is 38.3 Å². The number of anilines is 1. The van der Waals surface area contributed by atoms with E-state index in [-0.39, 0.29) is 18.0 Å². The molecule has 0 unspecified atom stereocenters. The molecule has 0 aliphatic rings. The predicted molar refractivity (Wildman–Crippen MR) is 114 cm³/mol. The number of amides is 1. The molecule has 31 heavy (non-hydrogen) atoms. The lowest BCUT2D eigenvalue weighted by molar-refractivity contribution is 0.0526. The van der Waals surface area contributed by atoms with Crippen LogP contribution in [-0.2, 0) is 21.3 Å². The maximum absolute atomic E-state index is 12.7. The average molecular weight is 442 g/mol. The van der Waals surface area contributed by atoms with Crippen molar-refractivity contribution in [3.05, 3.63) is 83.8 Å². The number of rotatable bonds is 8. The number of carbonyl (C=O) groups is 2. The van der Waals surface area contributed by atoms with Crippen molar-refractivity contribution in [1.29, 1.82) is 0 Å². The van der Waals surface area contributed by atoms with Gasteiger partial charge in [0.1, 0.15) is 5.76 Å². The molecular formula is C22H22N2O6S. The summed E-state index contributed by atoms with van der Waals surface area (Å²) in [6, 6.07) is 15.3. The van der Waals surface area contributed by atoms with Crippen LogP contribution in [0.1, 0.15) is 33.4 Å². The maximum atomic E-state index is 12.7. The van der Waals surface area contributed by atoms with Crippen LogP contribution in [0.4, 0.5) is 5.69 Å². The van der Waals surface area contributed by atoms with E-state index in [2.05, 4.69) is 5.32 Å². The van der Waals surface area contributed by atoms with E-state index in [9.17, 15) is 18.0 Å². The Hall–Kier alpha value is -3.43. The van der Waals surface area contributed by atoms with E-state index in [0.29, 0.717) is 22.6 Å². The van der Waals surface area contributed by atoms with Crippen LogP contribution < -0.4 is 5.32 Å². The molecule has 3 aromatic rings. The Labute approximate surface area is 180 Å². The van der Waals surface area contributed by atoms with Gasteiger partial charge < -0.3 is 14.5 Å². The molecule has 0 saturated heterocycles. The van der Waals surface area contributed by atoms with Gasteiger partial charge >= 0.3 is 5.97 Å². The number of hydrogen-bond donors (Lipinski definition) is 1. The molecule has 0 saturated carbocycles. The van der Waals surface area contributed by atoms with E-state index in [1.165, 1.54) is 41.9 Å². The van der Waals surface area contributed by atoms with Crippen molar-refractivity contribution in [1.82, 2.24) is 4.31 Å². The highest BCUT2D eigenvalue weighted by Gasteiger charge is 2.22. The van der Waals surface area contributed by atoms with Gasteiger partial charge in [0.05, 0.1) is 29.9 Å². The molecule has 9 heteroatoms. The first kappa shape index (κ1) is 22.3. The third kappa shape index (κ3) is 5.39. The highest BCUT2D eigenvalue weighted by Crippen LogP contribution is 2.19. The number of hydrogen-bond acceptors (Lipinski definition) is 6. The molecule has 162 valence electrons. The number of furan rings is 1. The van der Waals surface area contributed by atoms with Crippen molar-refractivity contribution in [2.24, 2.45) is 0 Å². The van der Waals surface area contributed by atoms with E-state index in [4.69, 9.17) is 9.15 Å². The molecule has 3 rings (SSSR count). The lowest BCUT2D eigenvalue weighted by Crippen LogP contribution is -2.26. The number of carbonyl (C=O) groups excluding carboxylic acids is 2. The van der Waals surface area contributed by atoms with Gasteiger partial charge in [-0.3, -0.25) is 4.79 Å². The fraction of sp³-hybridized carbons (Fsp3) is 0.182. The molecule has 0 radical (unpaired) electrons. The Morgan fingerprint density at radius 2 is 1.65 bits per heavy atom. The fourth-order valence-electron chi connectivity index (χ4n) is 2.77. The minimum Gasteiger partial charge on any atom is -0.468 e. The third-order valence-electron chi connectivity index (χ3n) is 4.44. The topological polar surface area (TPSA) is 106 Å². The van der Waals surface area contributed by atoms with E-state index >= 15 is 0 Å². The fourth-order valence-corrected chi connectivity index (χ4v) is 3.91. The van der Waals surface area contributed by atoms with Gasteiger partial charge in [0.25, 0.3) is 5.91 Å². The Bertz CT molecular complexity index is 1140. The summed E-state index contributed by atoms with van der Waals surface area (Å²) in [5.74, 6) is -0.318. The van der Waals surface area contributed by atoms with Crippen molar-refractivity contribution >= 4 is 27.6 Å². The first-order valence-corrected chi connectivity index (χ1v) is 10.9. The summed E-state index contributed by atoms with van der Waals surface area (Å²) >= 11 is 0. The summed E-state index contributed by atoms with van der Waals surface area (Å²) in [6.45, 7) is 2.10. The zero-order chi connectivity index (χ0) is 22.4. The molecule has 0 bridgehead atoms. The normalized spacial score (nSPS) is 11.3. The van der Waals surface area contributed by atoms with Crippen LogP contribution in [0.5, 0.6) is 0 Å². The second kappa shape index (κ2) is 9.59. The van der Waals surface area contributed by atoms with Gasteiger partial charge in [-0.25, -0.2) is 13.2 Å². The average Bonchev–Trinajstić information content (AvgIpc) is 3.27. The Balaban J connectivity index is 1.66.